The molecule has 0 N–H and O–H groups in total. The van der Waals surface area contributed by atoms with Crippen molar-refractivity contribution in [2.45, 2.75) is 20.0 Å². The van der Waals surface area contributed by atoms with Crippen molar-refractivity contribution in [3.05, 3.63) is 63.3 Å². The van der Waals surface area contributed by atoms with Crippen LogP contribution in [0.1, 0.15) is 11.8 Å². The second-order valence-electron chi connectivity index (χ2n) is 5.18. The van der Waals surface area contributed by atoms with Gasteiger partial charge < -0.3 is 4.90 Å². The van der Waals surface area contributed by atoms with Crippen molar-refractivity contribution in [1.82, 2.24) is 14.5 Å². The van der Waals surface area contributed by atoms with Gasteiger partial charge in [-0.15, -0.1) is 11.3 Å². The van der Waals surface area contributed by atoms with E-state index < -0.39 is 0 Å². The molecule has 0 saturated heterocycles. The van der Waals surface area contributed by atoms with Crippen LogP contribution < -0.4 is 5.56 Å². The van der Waals surface area contributed by atoms with Gasteiger partial charge in [-0.05, 0) is 30.5 Å². The second-order valence-corrected chi connectivity index (χ2v) is 6.21. The van der Waals surface area contributed by atoms with Crippen LogP contribution in [0.2, 0.25) is 0 Å². The van der Waals surface area contributed by atoms with E-state index in [2.05, 4.69) is 4.98 Å². The Kier molecular flexibility index (Phi) is 4.52. The van der Waals surface area contributed by atoms with Crippen LogP contribution in [-0.2, 0) is 17.9 Å². The third-order valence-electron chi connectivity index (χ3n) is 3.70. The maximum absolute atomic E-state index is 12.5. The van der Waals surface area contributed by atoms with E-state index >= 15 is 0 Å². The fraction of sp³-hybridized carbons (Fsp3) is 0.235. The van der Waals surface area contributed by atoms with Gasteiger partial charge in [-0.25, -0.2) is 4.98 Å². The summed E-state index contributed by atoms with van der Waals surface area (Å²) in [6.07, 6.45) is 1.45. The molecule has 2 heterocycles. The number of aromatic nitrogens is 2. The fourth-order valence-corrected chi connectivity index (χ4v) is 3.15. The predicted octanol–water partition coefficient (Wildman–Crippen LogP) is 2.51. The number of amides is 1. The highest BCUT2D eigenvalue weighted by Crippen LogP contribution is 2.12. The quantitative estimate of drug-likeness (QED) is 0.723. The van der Waals surface area contributed by atoms with Crippen LogP contribution in [0.25, 0.3) is 10.9 Å². The van der Waals surface area contributed by atoms with Crippen molar-refractivity contribution in [1.29, 1.82) is 0 Å². The van der Waals surface area contributed by atoms with Gasteiger partial charge in [0.25, 0.3) is 5.56 Å². The number of carbonyl (C=O) groups excluding carboxylic acids is 1. The van der Waals surface area contributed by atoms with Crippen LogP contribution in [0.3, 0.4) is 0 Å². The first-order valence-electron chi connectivity index (χ1n) is 7.43. The van der Waals surface area contributed by atoms with Crippen LogP contribution in [0.4, 0.5) is 0 Å². The molecule has 0 aliphatic heterocycles. The third-order valence-corrected chi connectivity index (χ3v) is 4.56. The number of hydrogen-bond acceptors (Lipinski definition) is 4. The molecule has 1 aromatic carbocycles. The zero-order chi connectivity index (χ0) is 16.2. The van der Waals surface area contributed by atoms with E-state index in [9.17, 15) is 9.59 Å². The Balaban J connectivity index is 1.81. The molecular weight excluding hydrogens is 310 g/mol. The highest BCUT2D eigenvalue weighted by Gasteiger charge is 2.15. The topological polar surface area (TPSA) is 55.2 Å². The van der Waals surface area contributed by atoms with Gasteiger partial charge in [0.15, 0.2) is 0 Å². The first-order valence-corrected chi connectivity index (χ1v) is 8.31. The summed E-state index contributed by atoms with van der Waals surface area (Å²) in [5, 5.41) is 2.52. The van der Waals surface area contributed by atoms with Crippen molar-refractivity contribution >= 4 is 28.1 Å². The lowest BCUT2D eigenvalue weighted by atomic mass is 10.2. The van der Waals surface area contributed by atoms with E-state index in [1.54, 1.807) is 34.4 Å². The molecule has 0 aliphatic carbocycles. The van der Waals surface area contributed by atoms with Gasteiger partial charge in [-0.3, -0.25) is 14.2 Å². The Morgan fingerprint density at radius 2 is 2.09 bits per heavy atom. The van der Waals surface area contributed by atoms with Crippen molar-refractivity contribution in [2.24, 2.45) is 0 Å². The standard InChI is InChI=1S/C17H17N3O2S/c1-2-19(10-13-6-5-9-23-13)16(21)11-20-12-18-15-8-4-3-7-14(15)17(20)22/h3-9,12H,2,10-11H2,1H3. The molecule has 3 aromatic rings. The summed E-state index contributed by atoms with van der Waals surface area (Å²) in [5.41, 5.74) is 0.461. The number of likely N-dealkylation sites (N-methyl/N-ethyl adjacent to an activating group) is 1. The number of para-hydroxylation sites is 1. The summed E-state index contributed by atoms with van der Waals surface area (Å²) >= 11 is 1.62. The van der Waals surface area contributed by atoms with Gasteiger partial charge in [0.1, 0.15) is 6.54 Å². The van der Waals surface area contributed by atoms with Crippen LogP contribution in [0.15, 0.2) is 52.9 Å². The minimum absolute atomic E-state index is 0.00980. The van der Waals surface area contributed by atoms with Crippen molar-refractivity contribution in [3.8, 4) is 0 Å². The molecule has 0 bridgehead atoms. The summed E-state index contributed by atoms with van der Waals surface area (Å²) in [6.45, 7) is 3.12. The zero-order valence-electron chi connectivity index (χ0n) is 12.8. The molecule has 0 spiro atoms. The molecule has 118 valence electrons. The Labute approximate surface area is 137 Å². The molecular formula is C17H17N3O2S. The van der Waals surface area contributed by atoms with Gasteiger partial charge in [0, 0.05) is 11.4 Å². The molecule has 1 amide bonds. The number of rotatable bonds is 5. The summed E-state index contributed by atoms with van der Waals surface area (Å²) in [5.74, 6) is -0.0833. The smallest absolute Gasteiger partial charge is 0.261 e. The fourth-order valence-electron chi connectivity index (χ4n) is 2.43. The van der Waals surface area contributed by atoms with E-state index in [1.165, 1.54) is 10.9 Å². The van der Waals surface area contributed by atoms with Crippen LogP contribution in [0, 0.1) is 0 Å². The molecule has 2 aromatic heterocycles. The summed E-state index contributed by atoms with van der Waals surface area (Å²) in [4.78, 5) is 32.1. The third kappa shape index (κ3) is 3.32. The van der Waals surface area contributed by atoms with Gasteiger partial charge in [0.2, 0.25) is 5.91 Å². The molecule has 0 atom stereocenters. The Hall–Kier alpha value is -2.47. The molecule has 5 nitrogen and oxygen atoms in total. The van der Waals surface area contributed by atoms with Crippen molar-refractivity contribution in [3.63, 3.8) is 0 Å². The molecule has 23 heavy (non-hydrogen) atoms. The lowest BCUT2D eigenvalue weighted by Crippen LogP contribution is -2.36. The number of nitrogens with zero attached hydrogens (tertiary/aromatic N) is 3. The van der Waals surface area contributed by atoms with Crippen LogP contribution in [0.5, 0.6) is 0 Å². The number of hydrogen-bond donors (Lipinski definition) is 0. The molecule has 0 saturated carbocycles. The van der Waals surface area contributed by atoms with E-state index in [1.807, 2.05) is 30.5 Å². The van der Waals surface area contributed by atoms with E-state index in [0.29, 0.717) is 24.0 Å². The van der Waals surface area contributed by atoms with Crippen molar-refractivity contribution in [2.75, 3.05) is 6.54 Å². The number of thiophene rings is 1. The summed E-state index contributed by atoms with van der Waals surface area (Å²) < 4.78 is 1.38. The summed E-state index contributed by atoms with van der Waals surface area (Å²) in [6, 6.07) is 11.1. The first-order chi connectivity index (χ1) is 11.2. The predicted molar refractivity (Wildman–Crippen MR) is 91.4 cm³/mol. The van der Waals surface area contributed by atoms with Crippen molar-refractivity contribution < 1.29 is 4.79 Å². The largest absolute Gasteiger partial charge is 0.336 e. The maximum Gasteiger partial charge on any atom is 0.261 e. The monoisotopic (exact) mass is 327 g/mol. The van der Waals surface area contributed by atoms with Gasteiger partial charge in [-0.1, -0.05) is 18.2 Å². The van der Waals surface area contributed by atoms with E-state index in [0.717, 1.165) is 4.88 Å². The lowest BCUT2D eigenvalue weighted by Gasteiger charge is -2.20. The number of fused-ring (bicyclic) bond motifs is 1. The lowest BCUT2D eigenvalue weighted by molar-refractivity contribution is -0.132. The average molecular weight is 327 g/mol. The SMILES string of the molecule is CCN(Cc1cccs1)C(=O)Cn1cnc2ccccc2c1=O. The second kappa shape index (κ2) is 6.75. The maximum atomic E-state index is 12.5. The number of benzene rings is 1. The van der Waals surface area contributed by atoms with E-state index in [-0.39, 0.29) is 18.0 Å². The van der Waals surface area contributed by atoms with Gasteiger partial charge in [0.05, 0.1) is 23.8 Å². The Morgan fingerprint density at radius 3 is 2.83 bits per heavy atom. The van der Waals surface area contributed by atoms with Crippen LogP contribution in [-0.4, -0.2) is 26.9 Å². The summed E-state index contributed by atoms with van der Waals surface area (Å²) in [7, 11) is 0. The molecule has 6 heteroatoms. The zero-order valence-corrected chi connectivity index (χ0v) is 13.6. The minimum atomic E-state index is -0.184. The Bertz CT molecular complexity index is 871. The molecule has 0 aliphatic rings. The molecule has 3 rings (SSSR count). The molecule has 0 fully saturated rings. The highest BCUT2D eigenvalue weighted by atomic mass is 32.1. The van der Waals surface area contributed by atoms with Crippen LogP contribution >= 0.6 is 11.3 Å². The first kappa shape index (κ1) is 15.4. The highest BCUT2D eigenvalue weighted by molar-refractivity contribution is 7.09. The average Bonchev–Trinajstić information content (AvgIpc) is 3.08. The molecule has 0 radical (unpaired) electrons. The van der Waals surface area contributed by atoms with E-state index in [4.69, 9.17) is 0 Å². The number of carbonyl (C=O) groups is 1. The minimum Gasteiger partial charge on any atom is -0.336 e. The molecule has 0 unspecified atom stereocenters. The van der Waals surface area contributed by atoms with Gasteiger partial charge >= 0.3 is 0 Å². The van der Waals surface area contributed by atoms with Gasteiger partial charge in [-0.2, -0.15) is 0 Å². The Morgan fingerprint density at radius 1 is 1.26 bits per heavy atom. The normalized spacial score (nSPS) is 10.8.